The van der Waals surface area contributed by atoms with Gasteiger partial charge in [0.1, 0.15) is 11.3 Å². The van der Waals surface area contributed by atoms with Crippen molar-refractivity contribution >= 4 is 34.6 Å². The van der Waals surface area contributed by atoms with E-state index in [1.807, 2.05) is 25.1 Å². The summed E-state index contributed by atoms with van der Waals surface area (Å²) in [5, 5.41) is 12.7. The van der Waals surface area contributed by atoms with Crippen molar-refractivity contribution in [3.05, 3.63) is 53.1 Å². The van der Waals surface area contributed by atoms with Gasteiger partial charge in [0.05, 0.1) is 55.9 Å². The van der Waals surface area contributed by atoms with Gasteiger partial charge in [0, 0.05) is 5.69 Å². The van der Waals surface area contributed by atoms with E-state index >= 15 is 0 Å². The molecule has 3 saturated heterocycles. The Hall–Kier alpha value is -3.24. The maximum Gasteiger partial charge on any atom is 0.417 e. The zero-order valence-electron chi connectivity index (χ0n) is 25.5. The quantitative estimate of drug-likeness (QED) is 0.368. The van der Waals surface area contributed by atoms with Gasteiger partial charge in [-0.05, 0) is 118 Å². The number of nitrogens with one attached hydrogen (secondary N) is 1. The monoisotopic (exact) mass is 644 g/mol. The van der Waals surface area contributed by atoms with Gasteiger partial charge in [0.25, 0.3) is 5.91 Å². The number of anilines is 2. The lowest BCUT2D eigenvalue weighted by Crippen LogP contribution is -2.55. The summed E-state index contributed by atoms with van der Waals surface area (Å²) in [5.41, 5.74) is -0.785. The van der Waals surface area contributed by atoms with E-state index in [2.05, 4.69) is 5.32 Å². The summed E-state index contributed by atoms with van der Waals surface area (Å²) in [6.45, 7) is 7.88. The van der Waals surface area contributed by atoms with E-state index in [9.17, 15) is 23.2 Å². The molecule has 1 N–H and O–H groups in total. The van der Waals surface area contributed by atoms with Gasteiger partial charge in [0.2, 0.25) is 0 Å². The molecule has 12 heteroatoms. The van der Waals surface area contributed by atoms with Crippen LogP contribution in [0.2, 0.25) is 0 Å². The predicted octanol–water partition coefficient (Wildman–Crippen LogP) is 6.00. The third-order valence-corrected chi connectivity index (χ3v) is 9.31. The third-order valence-electron chi connectivity index (χ3n) is 8.95. The van der Waals surface area contributed by atoms with Crippen molar-refractivity contribution in [3.63, 3.8) is 0 Å². The third kappa shape index (κ3) is 7.12. The molecule has 0 unspecified atom stereocenters. The number of amides is 1. The van der Waals surface area contributed by atoms with Crippen LogP contribution in [-0.2, 0) is 26.9 Å². The van der Waals surface area contributed by atoms with Crippen LogP contribution in [-0.4, -0.2) is 62.7 Å². The van der Waals surface area contributed by atoms with E-state index in [1.54, 1.807) is 11.0 Å². The maximum atomic E-state index is 13.8. The fourth-order valence-electron chi connectivity index (χ4n) is 6.28. The highest BCUT2D eigenvalue weighted by molar-refractivity contribution is 7.81. The van der Waals surface area contributed by atoms with Gasteiger partial charge in [-0.3, -0.25) is 9.69 Å². The molecule has 2 aromatic carbocycles. The number of carbonyl (C=O) groups excluding carboxylic acids is 1. The van der Waals surface area contributed by atoms with Crippen molar-refractivity contribution < 1.29 is 32.2 Å². The molecule has 3 heterocycles. The molecule has 0 atom stereocenters. The highest BCUT2D eigenvalue weighted by atomic mass is 32.1. The summed E-state index contributed by atoms with van der Waals surface area (Å²) in [6.07, 6.45) is 1.22. The second kappa shape index (κ2) is 14.5. The number of benzene rings is 2. The summed E-state index contributed by atoms with van der Waals surface area (Å²) < 4.78 is 57.1. The number of alkyl halides is 3. The normalized spacial score (nSPS) is 20.0. The molecular formula is C33H39F3N4O4S. The Kier molecular flexibility index (Phi) is 10.6. The first-order valence-electron chi connectivity index (χ1n) is 15.6. The summed E-state index contributed by atoms with van der Waals surface area (Å²) >= 11 is 5.75. The molecule has 242 valence electrons. The molecular weight excluding hydrogens is 605 g/mol. The Balaban J connectivity index is 0.000000598. The summed E-state index contributed by atoms with van der Waals surface area (Å²) in [4.78, 5) is 16.8. The lowest BCUT2D eigenvalue weighted by Gasteiger charge is -2.43. The molecule has 2 aromatic rings. The lowest BCUT2D eigenvalue weighted by atomic mass is 9.75. The van der Waals surface area contributed by atoms with Crippen LogP contribution in [0, 0.1) is 17.2 Å². The van der Waals surface area contributed by atoms with Crippen LogP contribution in [0.15, 0.2) is 36.4 Å². The number of ether oxygens (including phenoxy) is 3. The molecule has 1 spiro atoms. The zero-order valence-corrected chi connectivity index (χ0v) is 26.3. The number of aryl methyl sites for hydroxylation is 1. The van der Waals surface area contributed by atoms with Crippen molar-refractivity contribution in [2.24, 2.45) is 5.92 Å². The van der Waals surface area contributed by atoms with Gasteiger partial charge in [-0.1, -0.05) is 6.92 Å². The van der Waals surface area contributed by atoms with Crippen LogP contribution in [0.5, 0.6) is 5.75 Å². The minimum Gasteiger partial charge on any atom is -0.493 e. The van der Waals surface area contributed by atoms with E-state index in [0.717, 1.165) is 94.3 Å². The van der Waals surface area contributed by atoms with Gasteiger partial charge in [-0.25, -0.2) is 0 Å². The van der Waals surface area contributed by atoms with E-state index < -0.39 is 22.8 Å². The maximum absolute atomic E-state index is 13.8. The van der Waals surface area contributed by atoms with Crippen molar-refractivity contribution in [1.82, 2.24) is 5.32 Å². The van der Waals surface area contributed by atoms with Crippen LogP contribution >= 0.6 is 12.2 Å². The highest BCUT2D eigenvalue weighted by Gasteiger charge is 2.59. The number of piperidine rings is 1. The first-order chi connectivity index (χ1) is 21.7. The minimum absolute atomic E-state index is 0.0127. The Labute approximate surface area is 267 Å². The molecule has 6 rings (SSSR count). The molecule has 4 fully saturated rings. The van der Waals surface area contributed by atoms with Crippen LogP contribution < -0.4 is 19.9 Å². The predicted molar refractivity (Wildman–Crippen MR) is 168 cm³/mol. The number of nitrogens with zero attached hydrogens (tertiary/aromatic N) is 3. The average Bonchev–Trinajstić information content (AvgIpc) is 3.28. The number of carbonyl (C=O) groups is 1. The van der Waals surface area contributed by atoms with E-state index in [4.69, 9.17) is 26.4 Å². The van der Waals surface area contributed by atoms with Crippen LogP contribution in [0.3, 0.4) is 0 Å². The van der Waals surface area contributed by atoms with E-state index in [1.165, 1.54) is 11.0 Å². The second-order valence-electron chi connectivity index (χ2n) is 11.7. The molecule has 4 aliphatic rings. The highest BCUT2D eigenvalue weighted by Crippen LogP contribution is 2.49. The van der Waals surface area contributed by atoms with Crippen molar-refractivity contribution in [2.45, 2.75) is 63.6 Å². The summed E-state index contributed by atoms with van der Waals surface area (Å²) in [6, 6.07) is 10.6. The van der Waals surface area contributed by atoms with Crippen molar-refractivity contribution in [2.75, 3.05) is 55.9 Å². The fourth-order valence-corrected chi connectivity index (χ4v) is 6.75. The van der Waals surface area contributed by atoms with Gasteiger partial charge in [-0.2, -0.15) is 18.4 Å². The van der Waals surface area contributed by atoms with Gasteiger partial charge >= 0.3 is 6.18 Å². The fraction of sp³-hybridized carbons (Fsp3) is 0.545. The summed E-state index contributed by atoms with van der Waals surface area (Å²) in [5.74, 6) is 1.12. The molecule has 0 bridgehead atoms. The van der Waals surface area contributed by atoms with Crippen molar-refractivity contribution in [3.8, 4) is 11.8 Å². The number of rotatable bonds is 7. The first-order valence-corrected chi connectivity index (χ1v) is 16.0. The molecule has 1 amide bonds. The average molecular weight is 645 g/mol. The standard InChI is InChI=1S/C29H31F3N4O2S.C4H8O2/c1-2-20-16-23(6-7-25(20)38-15-10-19-8-13-34-14-9-19)36-27(39)35(26(37)28(36)11-3-12-28)22-5-4-21(18-33)24(17-22)29(30,31)32;1-2-6-4-3-5-1/h4-7,16-17,19,34H,2-3,8-15H2,1H3;1-4H2. The molecule has 1 saturated carbocycles. The van der Waals surface area contributed by atoms with E-state index in [-0.39, 0.29) is 16.7 Å². The molecule has 1 aliphatic carbocycles. The number of hydrogen-bond acceptors (Lipinski definition) is 7. The second-order valence-corrected chi connectivity index (χ2v) is 12.0. The SMILES string of the molecule is C1COCCO1.CCc1cc(N2C(=S)N(c3ccc(C#N)c(C(F)(F)F)c3)C(=O)C23CCC3)ccc1OCCC1CCNCC1. The Morgan fingerprint density at radius 3 is 2.29 bits per heavy atom. The number of halogens is 3. The first kappa shape index (κ1) is 33.1. The number of thiocarbonyl (C=S) groups is 1. The van der Waals surface area contributed by atoms with Crippen LogP contribution in [0.1, 0.15) is 62.1 Å². The van der Waals surface area contributed by atoms with Crippen LogP contribution in [0.25, 0.3) is 0 Å². The van der Waals surface area contributed by atoms with Gasteiger partial charge < -0.3 is 24.4 Å². The van der Waals surface area contributed by atoms with Gasteiger partial charge in [-0.15, -0.1) is 0 Å². The zero-order chi connectivity index (χ0) is 32.0. The van der Waals surface area contributed by atoms with E-state index in [0.29, 0.717) is 31.8 Å². The molecule has 3 aliphatic heterocycles. The number of nitriles is 1. The Bertz CT molecular complexity index is 1400. The molecule has 45 heavy (non-hydrogen) atoms. The lowest BCUT2D eigenvalue weighted by molar-refractivity contribution is -0.137. The smallest absolute Gasteiger partial charge is 0.417 e. The van der Waals surface area contributed by atoms with Crippen LogP contribution in [0.4, 0.5) is 24.5 Å². The molecule has 0 radical (unpaired) electrons. The molecule has 8 nitrogen and oxygen atoms in total. The van der Waals surface area contributed by atoms with Gasteiger partial charge in [0.15, 0.2) is 5.11 Å². The number of hydrogen-bond donors (Lipinski definition) is 1. The largest absolute Gasteiger partial charge is 0.493 e. The molecule has 0 aromatic heterocycles. The minimum atomic E-state index is -4.74. The summed E-state index contributed by atoms with van der Waals surface area (Å²) in [7, 11) is 0. The topological polar surface area (TPSA) is 87.1 Å². The van der Waals surface area contributed by atoms with Crippen molar-refractivity contribution in [1.29, 1.82) is 5.26 Å². The Morgan fingerprint density at radius 1 is 1.07 bits per heavy atom. The Morgan fingerprint density at radius 2 is 1.73 bits per heavy atom.